The molecule has 1 aromatic carbocycles. The molecule has 0 aliphatic carbocycles. The molecule has 2 N–H and O–H groups in total. The number of hydrogen-bond acceptors (Lipinski definition) is 3. The number of hydrogen-bond donors (Lipinski definition) is 2. The minimum absolute atomic E-state index is 0.141. The second-order valence-corrected chi connectivity index (χ2v) is 4.50. The first-order valence-electron chi connectivity index (χ1n) is 5.75. The Balaban J connectivity index is 2.26. The van der Waals surface area contributed by atoms with Crippen molar-refractivity contribution in [2.24, 2.45) is 0 Å². The van der Waals surface area contributed by atoms with Crippen LogP contribution in [0.3, 0.4) is 0 Å². The number of carbonyl (C=O) groups excluding carboxylic acids is 1. The molecule has 0 saturated carbocycles. The van der Waals surface area contributed by atoms with Crippen LogP contribution < -0.4 is 5.32 Å². The zero-order chi connectivity index (χ0) is 14.7. The van der Waals surface area contributed by atoms with E-state index >= 15 is 0 Å². The van der Waals surface area contributed by atoms with E-state index in [1.54, 1.807) is 25.1 Å². The van der Waals surface area contributed by atoms with E-state index < -0.39 is 11.9 Å². The van der Waals surface area contributed by atoms with Gasteiger partial charge in [0.15, 0.2) is 0 Å². The third-order valence-corrected chi connectivity index (χ3v) is 3.18. The van der Waals surface area contributed by atoms with Crippen LogP contribution in [0, 0.1) is 6.92 Å². The molecule has 0 bridgehead atoms. The molecule has 0 aliphatic rings. The van der Waals surface area contributed by atoms with E-state index in [-0.39, 0.29) is 5.69 Å². The highest BCUT2D eigenvalue weighted by Crippen LogP contribution is 2.21. The molecule has 0 radical (unpaired) electrons. The fourth-order valence-corrected chi connectivity index (χ4v) is 1.86. The second-order valence-electron chi connectivity index (χ2n) is 4.13. The van der Waals surface area contributed by atoms with Gasteiger partial charge in [0.2, 0.25) is 0 Å². The van der Waals surface area contributed by atoms with Crippen molar-refractivity contribution >= 4 is 29.2 Å². The highest BCUT2D eigenvalue weighted by atomic mass is 35.5. The van der Waals surface area contributed by atoms with Crippen LogP contribution in [0.5, 0.6) is 0 Å². The fourth-order valence-electron chi connectivity index (χ4n) is 1.65. The number of carboxylic acid groups (broad SMARTS) is 1. The molecular weight excluding hydrogens is 280 g/mol. The molecule has 2 rings (SSSR count). The second kappa shape index (κ2) is 5.71. The molecule has 5 nitrogen and oxygen atoms in total. The van der Waals surface area contributed by atoms with E-state index in [1.165, 1.54) is 18.3 Å². The molecule has 0 unspecified atom stereocenters. The summed E-state index contributed by atoms with van der Waals surface area (Å²) in [5.41, 5.74) is 1.33. The first-order chi connectivity index (χ1) is 9.49. The summed E-state index contributed by atoms with van der Waals surface area (Å²) >= 11 is 6.07. The SMILES string of the molecule is Cc1cccc(C(=O)Nc2ccnc(C(=O)O)c2)c1Cl. The summed E-state index contributed by atoms with van der Waals surface area (Å²) in [4.78, 5) is 26.6. The summed E-state index contributed by atoms with van der Waals surface area (Å²) in [6.07, 6.45) is 1.32. The Hall–Kier alpha value is -2.40. The molecular formula is C14H11ClN2O3. The van der Waals surface area contributed by atoms with Crippen molar-refractivity contribution in [3.8, 4) is 0 Å². The predicted octanol–water partition coefficient (Wildman–Crippen LogP) is 2.99. The number of nitrogens with one attached hydrogen (secondary N) is 1. The average molecular weight is 291 g/mol. The average Bonchev–Trinajstić information content (AvgIpc) is 2.42. The monoisotopic (exact) mass is 290 g/mol. The van der Waals surface area contributed by atoms with E-state index in [1.807, 2.05) is 0 Å². The predicted molar refractivity (Wildman–Crippen MR) is 75.3 cm³/mol. The van der Waals surface area contributed by atoms with Gasteiger partial charge in [-0.05, 0) is 30.7 Å². The van der Waals surface area contributed by atoms with Gasteiger partial charge in [-0.2, -0.15) is 0 Å². The van der Waals surface area contributed by atoms with Crippen LogP contribution in [-0.2, 0) is 0 Å². The van der Waals surface area contributed by atoms with Crippen LogP contribution in [-0.4, -0.2) is 22.0 Å². The highest BCUT2D eigenvalue weighted by Gasteiger charge is 2.13. The summed E-state index contributed by atoms with van der Waals surface area (Å²) < 4.78 is 0. The minimum Gasteiger partial charge on any atom is -0.477 e. The molecule has 0 saturated heterocycles. The van der Waals surface area contributed by atoms with Gasteiger partial charge >= 0.3 is 5.97 Å². The normalized spacial score (nSPS) is 10.1. The Morgan fingerprint density at radius 2 is 2.05 bits per heavy atom. The molecule has 0 fully saturated rings. The number of halogens is 1. The summed E-state index contributed by atoms with van der Waals surface area (Å²) in [7, 11) is 0. The number of carboxylic acids is 1. The molecule has 1 heterocycles. The number of anilines is 1. The topological polar surface area (TPSA) is 79.3 Å². The number of benzene rings is 1. The number of pyridine rings is 1. The quantitative estimate of drug-likeness (QED) is 0.911. The van der Waals surface area contributed by atoms with Gasteiger partial charge < -0.3 is 10.4 Å². The Labute approximate surface area is 120 Å². The Morgan fingerprint density at radius 1 is 1.30 bits per heavy atom. The van der Waals surface area contributed by atoms with Crippen molar-refractivity contribution in [3.63, 3.8) is 0 Å². The van der Waals surface area contributed by atoms with Crippen LogP contribution in [0.4, 0.5) is 5.69 Å². The van der Waals surface area contributed by atoms with E-state index in [9.17, 15) is 9.59 Å². The maximum absolute atomic E-state index is 12.1. The lowest BCUT2D eigenvalue weighted by Crippen LogP contribution is -2.13. The minimum atomic E-state index is -1.16. The van der Waals surface area contributed by atoms with Crippen molar-refractivity contribution in [2.75, 3.05) is 5.32 Å². The lowest BCUT2D eigenvalue weighted by atomic mass is 10.1. The zero-order valence-corrected chi connectivity index (χ0v) is 11.3. The van der Waals surface area contributed by atoms with Crippen molar-refractivity contribution in [1.29, 1.82) is 0 Å². The van der Waals surface area contributed by atoms with Gasteiger partial charge in [-0.1, -0.05) is 23.7 Å². The molecule has 0 atom stereocenters. The summed E-state index contributed by atoms with van der Waals surface area (Å²) in [6.45, 7) is 1.80. The van der Waals surface area contributed by atoms with Crippen molar-refractivity contribution in [2.45, 2.75) is 6.92 Å². The molecule has 1 aromatic heterocycles. The highest BCUT2D eigenvalue weighted by molar-refractivity contribution is 6.35. The van der Waals surface area contributed by atoms with Gasteiger partial charge in [0.25, 0.3) is 5.91 Å². The zero-order valence-electron chi connectivity index (χ0n) is 10.6. The van der Waals surface area contributed by atoms with Crippen LogP contribution in [0.15, 0.2) is 36.5 Å². The summed E-state index contributed by atoms with van der Waals surface area (Å²) in [5, 5.41) is 11.8. The van der Waals surface area contributed by atoms with E-state index in [0.717, 1.165) is 5.56 Å². The molecule has 2 aromatic rings. The lowest BCUT2D eigenvalue weighted by Gasteiger charge is -2.08. The van der Waals surface area contributed by atoms with Crippen molar-refractivity contribution < 1.29 is 14.7 Å². The maximum Gasteiger partial charge on any atom is 0.354 e. The summed E-state index contributed by atoms with van der Waals surface area (Å²) in [5.74, 6) is -1.56. The lowest BCUT2D eigenvalue weighted by molar-refractivity contribution is 0.0690. The molecule has 6 heteroatoms. The van der Waals surface area contributed by atoms with E-state index in [4.69, 9.17) is 16.7 Å². The number of aryl methyl sites for hydroxylation is 1. The van der Waals surface area contributed by atoms with Crippen molar-refractivity contribution in [1.82, 2.24) is 4.98 Å². The number of aromatic nitrogens is 1. The molecule has 1 amide bonds. The Bertz CT molecular complexity index is 686. The van der Waals surface area contributed by atoms with Gasteiger partial charge in [0.1, 0.15) is 5.69 Å². The van der Waals surface area contributed by atoms with E-state index in [2.05, 4.69) is 10.3 Å². The Morgan fingerprint density at radius 3 is 2.75 bits per heavy atom. The third kappa shape index (κ3) is 2.95. The number of rotatable bonds is 3. The molecule has 0 aliphatic heterocycles. The molecule has 102 valence electrons. The summed E-state index contributed by atoms with van der Waals surface area (Å²) in [6, 6.07) is 7.92. The van der Waals surface area contributed by atoms with Crippen molar-refractivity contribution in [3.05, 3.63) is 58.4 Å². The first-order valence-corrected chi connectivity index (χ1v) is 6.12. The van der Waals surface area contributed by atoms with Gasteiger partial charge in [0, 0.05) is 11.9 Å². The van der Waals surface area contributed by atoms with Gasteiger partial charge in [-0.25, -0.2) is 9.78 Å². The van der Waals surface area contributed by atoms with Gasteiger partial charge in [-0.15, -0.1) is 0 Å². The smallest absolute Gasteiger partial charge is 0.354 e. The maximum atomic E-state index is 12.1. The first kappa shape index (κ1) is 14.0. The fraction of sp³-hybridized carbons (Fsp3) is 0.0714. The standard InChI is InChI=1S/C14H11ClN2O3/c1-8-3-2-4-10(12(8)15)13(18)17-9-5-6-16-11(7-9)14(19)20/h2-7H,1H3,(H,19,20)(H,16,17,18). The largest absolute Gasteiger partial charge is 0.477 e. The van der Waals surface area contributed by atoms with Gasteiger partial charge in [-0.3, -0.25) is 4.79 Å². The number of amides is 1. The van der Waals surface area contributed by atoms with E-state index in [0.29, 0.717) is 16.3 Å². The number of carbonyl (C=O) groups is 2. The third-order valence-electron chi connectivity index (χ3n) is 2.67. The van der Waals surface area contributed by atoms with Crippen LogP contribution in [0.1, 0.15) is 26.4 Å². The Kier molecular flexibility index (Phi) is 4.00. The number of aromatic carboxylic acids is 1. The number of nitrogens with zero attached hydrogens (tertiary/aromatic N) is 1. The van der Waals surface area contributed by atoms with Crippen LogP contribution in [0.2, 0.25) is 5.02 Å². The van der Waals surface area contributed by atoms with Crippen LogP contribution in [0.25, 0.3) is 0 Å². The molecule has 20 heavy (non-hydrogen) atoms. The molecule has 0 spiro atoms. The van der Waals surface area contributed by atoms with Gasteiger partial charge in [0.05, 0.1) is 10.6 Å². The van der Waals surface area contributed by atoms with Crippen LogP contribution >= 0.6 is 11.6 Å².